The molecule has 2 amide bonds. The highest BCUT2D eigenvalue weighted by Crippen LogP contribution is 2.19. The monoisotopic (exact) mass is 407 g/mol. The van der Waals surface area contributed by atoms with Crippen LogP contribution in [-0.4, -0.2) is 35.5 Å². The van der Waals surface area contributed by atoms with Crippen LogP contribution in [0.3, 0.4) is 0 Å². The first-order chi connectivity index (χ1) is 14.3. The van der Waals surface area contributed by atoms with E-state index in [2.05, 4.69) is 10.5 Å². The molecule has 0 unspecified atom stereocenters. The molecule has 0 radical (unpaired) electrons. The maximum Gasteiger partial charge on any atom is 0.254 e. The minimum Gasteiger partial charge on any atom is -0.489 e. The number of nitrogens with one attached hydrogen (secondary N) is 1. The van der Waals surface area contributed by atoms with E-state index >= 15 is 0 Å². The van der Waals surface area contributed by atoms with Crippen LogP contribution in [0.15, 0.2) is 53.1 Å². The van der Waals surface area contributed by atoms with Crippen LogP contribution in [0.2, 0.25) is 0 Å². The highest BCUT2D eigenvalue weighted by Gasteiger charge is 2.16. The molecular formula is C23H25N3O4. The second-order valence-electron chi connectivity index (χ2n) is 7.19. The van der Waals surface area contributed by atoms with Crippen LogP contribution in [0, 0.1) is 20.8 Å². The van der Waals surface area contributed by atoms with Crippen LogP contribution in [0.1, 0.15) is 32.9 Å². The smallest absolute Gasteiger partial charge is 0.254 e. The standard InChI is InChI=1S/C23H25N3O4/c1-15-8-10-19(11-9-15)24-22(27)13-26(4)23(28)18-6-5-7-20(12-18)29-14-21-16(2)25-30-17(21)3/h5-12H,13-14H2,1-4H3,(H,24,27). The second kappa shape index (κ2) is 9.26. The molecule has 0 aliphatic rings. The van der Waals surface area contributed by atoms with Gasteiger partial charge in [0.05, 0.1) is 17.8 Å². The number of hydrogen-bond acceptors (Lipinski definition) is 5. The molecule has 0 atom stereocenters. The summed E-state index contributed by atoms with van der Waals surface area (Å²) in [6.07, 6.45) is 0. The van der Waals surface area contributed by atoms with Crippen molar-refractivity contribution in [3.8, 4) is 5.75 Å². The lowest BCUT2D eigenvalue weighted by Gasteiger charge is -2.17. The average molecular weight is 407 g/mol. The number of ether oxygens (including phenoxy) is 1. The molecule has 0 saturated heterocycles. The Balaban J connectivity index is 1.59. The molecule has 2 aromatic carbocycles. The SMILES string of the molecule is Cc1ccc(NC(=O)CN(C)C(=O)c2cccc(OCc3c(C)noc3C)c2)cc1. The molecule has 0 saturated carbocycles. The molecule has 7 nitrogen and oxygen atoms in total. The summed E-state index contributed by atoms with van der Waals surface area (Å²) in [5, 5.41) is 6.70. The van der Waals surface area contributed by atoms with E-state index in [-0.39, 0.29) is 18.4 Å². The van der Waals surface area contributed by atoms with Crippen molar-refractivity contribution in [3.63, 3.8) is 0 Å². The number of rotatable bonds is 7. The lowest BCUT2D eigenvalue weighted by atomic mass is 10.2. The Bertz CT molecular complexity index is 1020. The van der Waals surface area contributed by atoms with Crippen molar-refractivity contribution in [2.24, 2.45) is 0 Å². The maximum atomic E-state index is 12.7. The van der Waals surface area contributed by atoms with Gasteiger partial charge >= 0.3 is 0 Å². The van der Waals surface area contributed by atoms with Crippen molar-refractivity contribution in [1.82, 2.24) is 10.1 Å². The Morgan fingerprint density at radius 3 is 2.50 bits per heavy atom. The number of anilines is 1. The maximum absolute atomic E-state index is 12.7. The minimum atomic E-state index is -0.267. The van der Waals surface area contributed by atoms with Crippen molar-refractivity contribution in [2.45, 2.75) is 27.4 Å². The van der Waals surface area contributed by atoms with Crippen LogP contribution in [-0.2, 0) is 11.4 Å². The van der Waals surface area contributed by atoms with Gasteiger partial charge in [-0.05, 0) is 51.1 Å². The first-order valence-electron chi connectivity index (χ1n) is 9.60. The fourth-order valence-electron chi connectivity index (χ4n) is 2.93. The predicted molar refractivity (Wildman–Crippen MR) is 114 cm³/mol. The quantitative estimate of drug-likeness (QED) is 0.642. The third kappa shape index (κ3) is 5.26. The summed E-state index contributed by atoms with van der Waals surface area (Å²) in [6.45, 7) is 5.90. The van der Waals surface area contributed by atoms with E-state index in [0.29, 0.717) is 29.4 Å². The van der Waals surface area contributed by atoms with Crippen LogP contribution < -0.4 is 10.1 Å². The van der Waals surface area contributed by atoms with Gasteiger partial charge in [-0.15, -0.1) is 0 Å². The Morgan fingerprint density at radius 2 is 1.83 bits per heavy atom. The Morgan fingerprint density at radius 1 is 1.10 bits per heavy atom. The molecule has 0 bridgehead atoms. The van der Waals surface area contributed by atoms with E-state index in [9.17, 15) is 9.59 Å². The van der Waals surface area contributed by atoms with Crippen molar-refractivity contribution in [3.05, 3.63) is 76.7 Å². The van der Waals surface area contributed by atoms with Gasteiger partial charge in [-0.2, -0.15) is 0 Å². The van der Waals surface area contributed by atoms with E-state index in [0.717, 1.165) is 16.8 Å². The fraction of sp³-hybridized carbons (Fsp3) is 0.261. The molecule has 0 spiro atoms. The summed E-state index contributed by atoms with van der Waals surface area (Å²) in [7, 11) is 1.59. The number of aryl methyl sites for hydroxylation is 3. The number of amides is 2. The zero-order chi connectivity index (χ0) is 21.7. The molecule has 0 aliphatic carbocycles. The molecule has 156 valence electrons. The van der Waals surface area contributed by atoms with Gasteiger partial charge in [0, 0.05) is 18.3 Å². The predicted octanol–water partition coefficient (Wildman–Crippen LogP) is 3.89. The van der Waals surface area contributed by atoms with Gasteiger partial charge < -0.3 is 19.5 Å². The molecule has 30 heavy (non-hydrogen) atoms. The topological polar surface area (TPSA) is 84.7 Å². The van der Waals surface area contributed by atoms with Crippen molar-refractivity contribution >= 4 is 17.5 Å². The zero-order valence-corrected chi connectivity index (χ0v) is 17.6. The number of nitrogens with zero attached hydrogens (tertiary/aromatic N) is 2. The summed E-state index contributed by atoms with van der Waals surface area (Å²) >= 11 is 0. The van der Waals surface area contributed by atoms with Gasteiger partial charge in [-0.1, -0.05) is 28.9 Å². The van der Waals surface area contributed by atoms with Crippen LogP contribution in [0.5, 0.6) is 5.75 Å². The minimum absolute atomic E-state index is 0.0587. The lowest BCUT2D eigenvalue weighted by molar-refractivity contribution is -0.116. The lowest BCUT2D eigenvalue weighted by Crippen LogP contribution is -2.34. The van der Waals surface area contributed by atoms with Gasteiger partial charge in [0.15, 0.2) is 0 Å². The molecule has 1 aromatic heterocycles. The van der Waals surface area contributed by atoms with Crippen molar-refractivity contribution in [1.29, 1.82) is 0 Å². The van der Waals surface area contributed by atoms with Crippen LogP contribution in [0.4, 0.5) is 5.69 Å². The third-order valence-corrected chi connectivity index (χ3v) is 4.71. The Kier molecular flexibility index (Phi) is 6.51. The summed E-state index contributed by atoms with van der Waals surface area (Å²) in [6, 6.07) is 14.4. The van der Waals surface area contributed by atoms with Gasteiger partial charge in [0.25, 0.3) is 5.91 Å². The summed E-state index contributed by atoms with van der Waals surface area (Å²) in [4.78, 5) is 26.4. The van der Waals surface area contributed by atoms with E-state index in [1.54, 1.807) is 31.3 Å². The Hall–Kier alpha value is -3.61. The fourth-order valence-corrected chi connectivity index (χ4v) is 2.93. The summed E-state index contributed by atoms with van der Waals surface area (Å²) in [5.74, 6) is 0.731. The highest BCUT2D eigenvalue weighted by atomic mass is 16.5. The van der Waals surface area contributed by atoms with E-state index in [1.165, 1.54) is 4.90 Å². The molecule has 0 fully saturated rings. The molecule has 3 aromatic rings. The number of carbonyl (C=O) groups is 2. The van der Waals surface area contributed by atoms with Crippen molar-refractivity contribution in [2.75, 3.05) is 18.9 Å². The summed E-state index contributed by atoms with van der Waals surface area (Å²) in [5.41, 5.74) is 3.91. The Labute approximate surface area is 175 Å². The van der Waals surface area contributed by atoms with Gasteiger partial charge in [0.2, 0.25) is 5.91 Å². The number of carbonyl (C=O) groups excluding carboxylic acids is 2. The first kappa shape index (κ1) is 21.1. The summed E-state index contributed by atoms with van der Waals surface area (Å²) < 4.78 is 10.9. The largest absolute Gasteiger partial charge is 0.489 e. The van der Waals surface area contributed by atoms with Gasteiger partial charge in [0.1, 0.15) is 18.1 Å². The number of hydrogen-bond donors (Lipinski definition) is 1. The average Bonchev–Trinajstić information content (AvgIpc) is 3.05. The molecule has 3 rings (SSSR count). The normalized spacial score (nSPS) is 10.5. The van der Waals surface area contributed by atoms with Gasteiger partial charge in [-0.3, -0.25) is 9.59 Å². The molecule has 7 heteroatoms. The second-order valence-corrected chi connectivity index (χ2v) is 7.19. The number of benzene rings is 2. The molecule has 0 aliphatic heterocycles. The van der Waals surface area contributed by atoms with E-state index < -0.39 is 0 Å². The molecule has 1 N–H and O–H groups in total. The molecular weight excluding hydrogens is 382 g/mol. The number of likely N-dealkylation sites (N-methyl/N-ethyl adjacent to an activating group) is 1. The van der Waals surface area contributed by atoms with Gasteiger partial charge in [-0.25, -0.2) is 0 Å². The zero-order valence-electron chi connectivity index (χ0n) is 17.6. The van der Waals surface area contributed by atoms with E-state index in [1.807, 2.05) is 45.0 Å². The van der Waals surface area contributed by atoms with Crippen molar-refractivity contribution < 1.29 is 18.8 Å². The van der Waals surface area contributed by atoms with Crippen LogP contribution in [0.25, 0.3) is 0 Å². The highest BCUT2D eigenvalue weighted by molar-refractivity contribution is 5.99. The number of aromatic nitrogens is 1. The van der Waals surface area contributed by atoms with E-state index in [4.69, 9.17) is 9.26 Å². The van der Waals surface area contributed by atoms with Crippen LogP contribution >= 0.6 is 0 Å². The third-order valence-electron chi connectivity index (χ3n) is 4.71. The first-order valence-corrected chi connectivity index (χ1v) is 9.60. The molecule has 1 heterocycles.